The third kappa shape index (κ3) is 2.60. The maximum atomic E-state index is 6.25. The molecule has 1 fully saturated rings. The van der Waals surface area contributed by atoms with Crippen LogP contribution in [0.1, 0.15) is 62.8 Å². The lowest BCUT2D eigenvalue weighted by Gasteiger charge is -2.15. The molecule has 0 spiro atoms. The van der Waals surface area contributed by atoms with Crippen LogP contribution in [0.15, 0.2) is 22.9 Å². The van der Waals surface area contributed by atoms with Crippen molar-refractivity contribution >= 4 is 22.5 Å². The number of ether oxygens (including phenoxy) is 1. The third-order valence-corrected chi connectivity index (χ3v) is 5.21. The fraction of sp³-hybridized carbons (Fsp3) is 0.450. The summed E-state index contributed by atoms with van der Waals surface area (Å²) in [5, 5.41) is 10.1. The molecule has 3 aromatic rings. The van der Waals surface area contributed by atoms with Gasteiger partial charge in [0, 0.05) is 18.2 Å². The Balaban J connectivity index is 1.77. The number of hydrogen-bond donors (Lipinski definition) is 1. The number of rotatable bonds is 4. The highest BCUT2D eigenvalue weighted by atomic mass is 16.5. The minimum atomic E-state index is 0.187. The number of nitrogen functional groups attached to an aromatic ring is 1. The number of fused-ring (bicyclic) bond motifs is 1. The van der Waals surface area contributed by atoms with Crippen LogP contribution in [-0.4, -0.2) is 26.5 Å². The Morgan fingerprint density at radius 1 is 1.26 bits per heavy atom. The van der Waals surface area contributed by atoms with Gasteiger partial charge in [0.2, 0.25) is 0 Å². The van der Waals surface area contributed by atoms with Crippen LogP contribution >= 0.6 is 0 Å². The van der Waals surface area contributed by atoms with Crippen molar-refractivity contribution in [2.24, 2.45) is 0 Å². The van der Waals surface area contributed by atoms with E-state index in [4.69, 9.17) is 20.1 Å². The molecular formula is C20H23N5O2. The van der Waals surface area contributed by atoms with Gasteiger partial charge < -0.3 is 15.0 Å². The Morgan fingerprint density at radius 2 is 2.11 bits per heavy atom. The van der Waals surface area contributed by atoms with Gasteiger partial charge in [0.25, 0.3) is 0 Å². The molecule has 1 saturated carbocycles. The predicted molar refractivity (Wildman–Crippen MR) is 103 cm³/mol. The molecule has 7 nitrogen and oxygen atoms in total. The number of nitrogens with zero attached hydrogens (tertiary/aromatic N) is 4. The number of nitrogens with two attached hydrogens (primary N) is 1. The highest BCUT2D eigenvalue weighted by molar-refractivity contribution is 6.01. The van der Waals surface area contributed by atoms with Crippen LogP contribution in [0.4, 0.5) is 5.82 Å². The molecule has 0 saturated heterocycles. The molecule has 5 rings (SSSR count). The summed E-state index contributed by atoms with van der Waals surface area (Å²) in [6, 6.07) is 2.13. The summed E-state index contributed by atoms with van der Waals surface area (Å²) in [5.41, 5.74) is 9.55. The minimum Gasteiger partial charge on any atom is -0.493 e. The summed E-state index contributed by atoms with van der Waals surface area (Å²) in [5.74, 6) is 2.64. The van der Waals surface area contributed by atoms with Crippen LogP contribution in [0.2, 0.25) is 0 Å². The Morgan fingerprint density at radius 3 is 2.81 bits per heavy atom. The molecule has 7 heteroatoms. The van der Waals surface area contributed by atoms with Gasteiger partial charge in [-0.1, -0.05) is 5.16 Å². The molecule has 3 aromatic heterocycles. The topological polar surface area (TPSA) is 92.0 Å². The summed E-state index contributed by atoms with van der Waals surface area (Å²) >= 11 is 0. The van der Waals surface area contributed by atoms with E-state index in [1.54, 1.807) is 6.20 Å². The molecule has 140 valence electrons. The zero-order valence-corrected chi connectivity index (χ0v) is 15.6. The first-order valence-corrected chi connectivity index (χ1v) is 9.61. The number of allylic oxidation sites excluding steroid dienone is 1. The van der Waals surface area contributed by atoms with Crippen molar-refractivity contribution in [3.8, 4) is 11.4 Å². The Kier molecular flexibility index (Phi) is 3.70. The maximum Gasteiger partial charge on any atom is 0.151 e. The van der Waals surface area contributed by atoms with Gasteiger partial charge >= 0.3 is 0 Å². The van der Waals surface area contributed by atoms with Crippen molar-refractivity contribution in [3.63, 3.8) is 0 Å². The normalized spacial score (nSPS) is 17.4. The molecular weight excluding hydrogens is 342 g/mol. The second-order valence-corrected chi connectivity index (χ2v) is 7.58. The van der Waals surface area contributed by atoms with E-state index < -0.39 is 0 Å². The molecule has 0 aromatic carbocycles. The smallest absolute Gasteiger partial charge is 0.151 e. The molecule has 27 heavy (non-hydrogen) atoms. The van der Waals surface area contributed by atoms with Crippen molar-refractivity contribution in [1.82, 2.24) is 19.9 Å². The van der Waals surface area contributed by atoms with Crippen molar-refractivity contribution in [2.75, 3.05) is 12.3 Å². The molecule has 1 aliphatic heterocycles. The Bertz CT molecular complexity index is 1040. The molecule has 0 amide bonds. The van der Waals surface area contributed by atoms with Crippen molar-refractivity contribution in [2.45, 2.75) is 51.5 Å². The molecule has 2 N–H and O–H groups in total. The highest BCUT2D eigenvalue weighted by Gasteiger charge is 2.36. The maximum absolute atomic E-state index is 6.25. The van der Waals surface area contributed by atoms with Crippen LogP contribution < -0.4 is 5.73 Å². The van der Waals surface area contributed by atoms with E-state index in [1.165, 1.54) is 0 Å². The molecule has 0 radical (unpaired) electrons. The highest BCUT2D eigenvalue weighted by Crippen LogP contribution is 2.47. The Labute approximate surface area is 157 Å². The van der Waals surface area contributed by atoms with E-state index in [9.17, 15) is 0 Å². The minimum absolute atomic E-state index is 0.187. The predicted octanol–water partition coefficient (Wildman–Crippen LogP) is 4.28. The molecule has 0 bridgehead atoms. The van der Waals surface area contributed by atoms with Crippen LogP contribution in [-0.2, 0) is 4.74 Å². The molecule has 2 aliphatic rings. The second-order valence-electron chi connectivity index (χ2n) is 7.58. The second kappa shape index (κ2) is 6.11. The van der Waals surface area contributed by atoms with Gasteiger partial charge in [0.15, 0.2) is 5.76 Å². The molecule has 0 atom stereocenters. The van der Waals surface area contributed by atoms with Crippen molar-refractivity contribution < 1.29 is 9.26 Å². The molecule has 1 aliphatic carbocycles. The molecule has 4 heterocycles. The van der Waals surface area contributed by atoms with Gasteiger partial charge in [-0.2, -0.15) is 5.10 Å². The number of pyridine rings is 1. The number of hydrogen-bond acceptors (Lipinski definition) is 6. The van der Waals surface area contributed by atoms with E-state index >= 15 is 0 Å². The van der Waals surface area contributed by atoms with E-state index in [-0.39, 0.29) is 6.04 Å². The largest absolute Gasteiger partial charge is 0.493 e. The quantitative estimate of drug-likeness (QED) is 0.742. The standard InChI is InChI=1S/C20H23N5O2/c1-11(2)25-13-8-9-22-20(21)15(13)17(23-25)18-16(14-5-3-4-10-26-14)19(27-24-18)12-6-7-12/h5,8-9,11-12H,3-4,6-7,10H2,1-2H3,(H2,21,22). The zero-order valence-electron chi connectivity index (χ0n) is 15.6. The lowest BCUT2D eigenvalue weighted by molar-refractivity contribution is 0.258. The lowest BCUT2D eigenvalue weighted by Crippen LogP contribution is -2.04. The van der Waals surface area contributed by atoms with E-state index in [2.05, 4.69) is 30.1 Å². The van der Waals surface area contributed by atoms with Crippen molar-refractivity contribution in [1.29, 1.82) is 0 Å². The Hall–Kier alpha value is -2.83. The van der Waals surface area contributed by atoms with Crippen LogP contribution in [0.25, 0.3) is 28.0 Å². The van der Waals surface area contributed by atoms with Gasteiger partial charge in [-0.3, -0.25) is 4.68 Å². The zero-order chi connectivity index (χ0) is 18.5. The fourth-order valence-corrected chi connectivity index (χ4v) is 3.73. The number of aromatic nitrogens is 4. The summed E-state index contributed by atoms with van der Waals surface area (Å²) in [4.78, 5) is 4.28. The van der Waals surface area contributed by atoms with Crippen LogP contribution in [0.3, 0.4) is 0 Å². The van der Waals surface area contributed by atoms with Gasteiger partial charge in [0.05, 0.1) is 23.1 Å². The summed E-state index contributed by atoms with van der Waals surface area (Å²) in [6.07, 6.45) is 8.13. The monoisotopic (exact) mass is 365 g/mol. The van der Waals surface area contributed by atoms with Gasteiger partial charge in [-0.15, -0.1) is 0 Å². The summed E-state index contributed by atoms with van der Waals surface area (Å²) < 4.78 is 13.8. The average molecular weight is 365 g/mol. The van der Waals surface area contributed by atoms with Gasteiger partial charge in [-0.05, 0) is 51.7 Å². The van der Waals surface area contributed by atoms with Gasteiger partial charge in [-0.25, -0.2) is 4.98 Å². The first kappa shape index (κ1) is 16.4. The van der Waals surface area contributed by atoms with Crippen LogP contribution in [0, 0.1) is 0 Å². The summed E-state index contributed by atoms with van der Waals surface area (Å²) in [6.45, 7) is 4.91. The average Bonchev–Trinajstić information content (AvgIpc) is 3.29. The lowest BCUT2D eigenvalue weighted by atomic mass is 10.0. The summed E-state index contributed by atoms with van der Waals surface area (Å²) in [7, 11) is 0. The van der Waals surface area contributed by atoms with E-state index in [0.717, 1.165) is 53.7 Å². The van der Waals surface area contributed by atoms with E-state index in [1.807, 2.05) is 10.7 Å². The van der Waals surface area contributed by atoms with Crippen molar-refractivity contribution in [3.05, 3.63) is 29.7 Å². The number of anilines is 1. The molecule has 0 unspecified atom stereocenters. The first-order chi connectivity index (χ1) is 13.1. The SMILES string of the molecule is CC(C)n1nc(-c2noc(C3CC3)c2C2=CCCCO2)c2c(N)nccc21. The van der Waals surface area contributed by atoms with Crippen LogP contribution in [0.5, 0.6) is 0 Å². The third-order valence-electron chi connectivity index (χ3n) is 5.21. The van der Waals surface area contributed by atoms with Gasteiger partial charge in [0.1, 0.15) is 23.0 Å². The first-order valence-electron chi connectivity index (χ1n) is 9.61. The fourth-order valence-electron chi connectivity index (χ4n) is 3.73. The van der Waals surface area contributed by atoms with E-state index in [0.29, 0.717) is 29.7 Å².